The Labute approximate surface area is 122 Å². The molecule has 21 heavy (non-hydrogen) atoms. The topological polar surface area (TPSA) is 89.1 Å². The van der Waals surface area contributed by atoms with E-state index in [1.54, 1.807) is 15.8 Å². The van der Waals surface area contributed by atoms with Gasteiger partial charge in [0, 0.05) is 25.7 Å². The third-order valence-corrected chi connectivity index (χ3v) is 3.46. The Balaban J connectivity index is 1.68. The quantitative estimate of drug-likeness (QED) is 0.908. The van der Waals surface area contributed by atoms with Gasteiger partial charge in [-0.1, -0.05) is 19.0 Å². The summed E-state index contributed by atoms with van der Waals surface area (Å²) in [5, 5.41) is 11.0. The van der Waals surface area contributed by atoms with Crippen LogP contribution in [-0.2, 0) is 11.8 Å². The van der Waals surface area contributed by atoms with Crippen molar-refractivity contribution in [2.75, 3.05) is 16.8 Å². The molecular formula is C13H18N6O2. The van der Waals surface area contributed by atoms with Crippen molar-refractivity contribution in [3.63, 3.8) is 0 Å². The molecule has 1 atom stereocenters. The highest BCUT2D eigenvalue weighted by atomic mass is 16.5. The lowest BCUT2D eigenvalue weighted by Gasteiger charge is -2.14. The van der Waals surface area contributed by atoms with Gasteiger partial charge in [0.25, 0.3) is 0 Å². The van der Waals surface area contributed by atoms with Crippen LogP contribution in [0.25, 0.3) is 0 Å². The third kappa shape index (κ3) is 2.61. The lowest BCUT2D eigenvalue weighted by Crippen LogP contribution is -2.33. The van der Waals surface area contributed by atoms with Crippen molar-refractivity contribution in [2.45, 2.75) is 32.2 Å². The molecule has 112 valence electrons. The van der Waals surface area contributed by atoms with E-state index >= 15 is 0 Å². The highest BCUT2D eigenvalue weighted by Gasteiger charge is 2.34. The van der Waals surface area contributed by atoms with Crippen LogP contribution in [0, 0.1) is 0 Å². The Hall–Kier alpha value is -2.38. The van der Waals surface area contributed by atoms with E-state index in [9.17, 15) is 4.79 Å². The van der Waals surface area contributed by atoms with Crippen LogP contribution in [-0.4, -0.2) is 38.4 Å². The molecule has 0 aromatic carbocycles. The minimum absolute atomic E-state index is 0.00713. The maximum Gasteiger partial charge on any atom is 0.322 e. The lowest BCUT2D eigenvalue weighted by molar-refractivity contribution is -0.117. The van der Waals surface area contributed by atoms with Gasteiger partial charge in [-0.25, -0.2) is 0 Å². The van der Waals surface area contributed by atoms with Crippen LogP contribution in [0.2, 0.25) is 0 Å². The number of carbonyl (C=O) groups excluding carboxylic acids is 1. The SMILES string of the molecule is CC(C)c1noc(NC2CCN(c3cnn(C)c3)C2=O)n1. The van der Waals surface area contributed by atoms with E-state index in [0.29, 0.717) is 24.8 Å². The van der Waals surface area contributed by atoms with E-state index in [-0.39, 0.29) is 17.9 Å². The van der Waals surface area contributed by atoms with Gasteiger partial charge in [-0.05, 0) is 6.42 Å². The third-order valence-electron chi connectivity index (χ3n) is 3.46. The van der Waals surface area contributed by atoms with Gasteiger partial charge in [-0.3, -0.25) is 9.48 Å². The summed E-state index contributed by atoms with van der Waals surface area (Å²) in [6.45, 7) is 4.62. The van der Waals surface area contributed by atoms with Crippen LogP contribution in [0.4, 0.5) is 11.7 Å². The monoisotopic (exact) mass is 290 g/mol. The van der Waals surface area contributed by atoms with Crippen molar-refractivity contribution < 1.29 is 9.32 Å². The Morgan fingerprint density at radius 3 is 2.90 bits per heavy atom. The summed E-state index contributed by atoms with van der Waals surface area (Å²) in [6.07, 6.45) is 4.20. The van der Waals surface area contributed by atoms with E-state index in [1.807, 2.05) is 27.1 Å². The summed E-state index contributed by atoms with van der Waals surface area (Å²) in [4.78, 5) is 18.3. The maximum absolute atomic E-state index is 12.4. The Bertz CT molecular complexity index is 647. The zero-order chi connectivity index (χ0) is 15.0. The maximum atomic E-state index is 12.4. The smallest absolute Gasteiger partial charge is 0.322 e. The zero-order valence-electron chi connectivity index (χ0n) is 12.3. The highest BCUT2D eigenvalue weighted by molar-refractivity contribution is 6.00. The Morgan fingerprint density at radius 1 is 1.48 bits per heavy atom. The molecule has 1 aliphatic rings. The van der Waals surface area contributed by atoms with Crippen molar-refractivity contribution in [3.8, 4) is 0 Å². The predicted molar refractivity (Wildman–Crippen MR) is 76.0 cm³/mol. The van der Waals surface area contributed by atoms with E-state index in [4.69, 9.17) is 4.52 Å². The molecule has 1 unspecified atom stereocenters. The minimum atomic E-state index is -0.342. The van der Waals surface area contributed by atoms with E-state index < -0.39 is 0 Å². The van der Waals surface area contributed by atoms with Crippen LogP contribution in [0.15, 0.2) is 16.9 Å². The van der Waals surface area contributed by atoms with E-state index in [0.717, 1.165) is 5.69 Å². The highest BCUT2D eigenvalue weighted by Crippen LogP contribution is 2.23. The molecule has 8 heteroatoms. The number of rotatable bonds is 4. The molecule has 1 fully saturated rings. The summed E-state index contributed by atoms with van der Waals surface area (Å²) in [5.74, 6) is 0.815. The first kappa shape index (κ1) is 13.6. The molecule has 8 nitrogen and oxygen atoms in total. The van der Waals surface area contributed by atoms with Gasteiger partial charge in [-0.15, -0.1) is 0 Å². The fraction of sp³-hybridized carbons (Fsp3) is 0.538. The Kier molecular flexibility index (Phi) is 3.36. The second kappa shape index (κ2) is 5.19. The van der Waals surface area contributed by atoms with Crippen molar-refractivity contribution in [3.05, 3.63) is 18.2 Å². The average Bonchev–Trinajstić information content (AvgIpc) is 3.13. The fourth-order valence-electron chi connectivity index (χ4n) is 2.29. The van der Waals surface area contributed by atoms with Gasteiger partial charge >= 0.3 is 6.01 Å². The largest absolute Gasteiger partial charge is 0.326 e. The standard InChI is InChI=1S/C13H18N6O2/c1-8(2)11-16-13(21-17-11)15-10-4-5-19(12(10)20)9-6-14-18(3)7-9/h6-8,10H,4-5H2,1-3H3,(H,15,16,17). The first-order valence-corrected chi connectivity index (χ1v) is 6.95. The number of hydrogen-bond donors (Lipinski definition) is 1. The number of amides is 1. The Morgan fingerprint density at radius 2 is 2.29 bits per heavy atom. The van der Waals surface area contributed by atoms with Crippen LogP contribution < -0.4 is 10.2 Å². The van der Waals surface area contributed by atoms with Crippen LogP contribution in [0.5, 0.6) is 0 Å². The average molecular weight is 290 g/mol. The lowest BCUT2D eigenvalue weighted by atomic mass is 10.2. The van der Waals surface area contributed by atoms with E-state index in [2.05, 4.69) is 20.6 Å². The van der Waals surface area contributed by atoms with Crippen molar-refractivity contribution in [1.29, 1.82) is 0 Å². The second-order valence-corrected chi connectivity index (χ2v) is 5.46. The van der Waals surface area contributed by atoms with Gasteiger partial charge in [0.05, 0.1) is 11.9 Å². The van der Waals surface area contributed by atoms with Gasteiger partial charge < -0.3 is 14.7 Å². The molecule has 1 aliphatic heterocycles. The molecule has 0 bridgehead atoms. The summed E-state index contributed by atoms with van der Waals surface area (Å²) < 4.78 is 6.80. The number of hydrogen-bond acceptors (Lipinski definition) is 6. The first-order valence-electron chi connectivity index (χ1n) is 6.95. The predicted octanol–water partition coefficient (Wildman–Crippen LogP) is 1.14. The number of nitrogens with zero attached hydrogens (tertiary/aromatic N) is 5. The molecule has 2 aromatic heterocycles. The van der Waals surface area contributed by atoms with Crippen molar-refractivity contribution in [1.82, 2.24) is 19.9 Å². The summed E-state index contributed by atoms with van der Waals surface area (Å²) in [7, 11) is 1.83. The molecule has 0 saturated carbocycles. The molecule has 1 amide bonds. The second-order valence-electron chi connectivity index (χ2n) is 5.46. The number of aromatic nitrogens is 4. The molecule has 3 rings (SSSR count). The molecule has 0 radical (unpaired) electrons. The summed E-state index contributed by atoms with van der Waals surface area (Å²) >= 11 is 0. The van der Waals surface area contributed by atoms with Crippen LogP contribution >= 0.6 is 0 Å². The molecule has 0 aliphatic carbocycles. The molecule has 0 spiro atoms. The number of carbonyl (C=O) groups is 1. The minimum Gasteiger partial charge on any atom is -0.326 e. The van der Waals surface area contributed by atoms with E-state index in [1.165, 1.54) is 0 Å². The van der Waals surface area contributed by atoms with Crippen molar-refractivity contribution >= 4 is 17.6 Å². The molecule has 1 N–H and O–H groups in total. The number of nitrogens with one attached hydrogen (secondary N) is 1. The number of anilines is 2. The fourth-order valence-corrected chi connectivity index (χ4v) is 2.29. The van der Waals surface area contributed by atoms with Crippen LogP contribution in [0.1, 0.15) is 32.0 Å². The summed E-state index contributed by atoms with van der Waals surface area (Å²) in [5.41, 5.74) is 0.806. The summed E-state index contributed by atoms with van der Waals surface area (Å²) in [6, 6.07) is -0.0456. The van der Waals surface area contributed by atoms with Gasteiger partial charge in [-0.2, -0.15) is 10.1 Å². The van der Waals surface area contributed by atoms with Gasteiger partial charge in [0.2, 0.25) is 5.91 Å². The van der Waals surface area contributed by atoms with Crippen molar-refractivity contribution in [2.24, 2.45) is 7.05 Å². The molecule has 2 aromatic rings. The molecule has 3 heterocycles. The molecule has 1 saturated heterocycles. The van der Waals surface area contributed by atoms with Gasteiger partial charge in [0.15, 0.2) is 5.82 Å². The van der Waals surface area contributed by atoms with Gasteiger partial charge in [0.1, 0.15) is 6.04 Å². The zero-order valence-corrected chi connectivity index (χ0v) is 12.3. The first-order chi connectivity index (χ1) is 10.0. The van der Waals surface area contributed by atoms with Crippen LogP contribution in [0.3, 0.4) is 0 Å². The molecular weight excluding hydrogens is 272 g/mol. The normalized spacial score (nSPS) is 18.8. The number of aryl methyl sites for hydroxylation is 1.